The second-order valence-corrected chi connectivity index (χ2v) is 5.31. The molecule has 0 radical (unpaired) electrons. The Labute approximate surface area is 127 Å². The second-order valence-electron chi connectivity index (χ2n) is 4.91. The molecule has 0 bridgehead atoms. The van der Waals surface area contributed by atoms with Gasteiger partial charge in [-0.1, -0.05) is 11.6 Å². The summed E-state index contributed by atoms with van der Waals surface area (Å²) in [5, 5.41) is 19.6. The highest BCUT2D eigenvalue weighted by atomic mass is 35.5. The number of aromatic nitrogens is 1. The van der Waals surface area contributed by atoms with Gasteiger partial charge in [0, 0.05) is 12.1 Å². The van der Waals surface area contributed by atoms with E-state index < -0.39 is 16.5 Å². The van der Waals surface area contributed by atoms with Crippen molar-refractivity contribution in [3.8, 4) is 5.75 Å². The van der Waals surface area contributed by atoms with E-state index in [4.69, 9.17) is 16.7 Å². The lowest BCUT2D eigenvalue weighted by Crippen LogP contribution is -2.16. The van der Waals surface area contributed by atoms with Gasteiger partial charge in [-0.2, -0.15) is 0 Å². The monoisotopic (exact) mass is 324 g/mol. The normalized spacial score (nSPS) is 14.0. The molecular weight excluding hydrogens is 316 g/mol. The molecule has 1 heterocycles. The van der Waals surface area contributed by atoms with Gasteiger partial charge in [-0.15, -0.1) is 0 Å². The van der Waals surface area contributed by atoms with Gasteiger partial charge in [0.05, 0.1) is 22.0 Å². The van der Waals surface area contributed by atoms with E-state index in [0.717, 1.165) is 12.8 Å². The van der Waals surface area contributed by atoms with E-state index in [0.29, 0.717) is 5.52 Å². The first kappa shape index (κ1) is 14.3. The zero-order valence-corrected chi connectivity index (χ0v) is 11.7. The van der Waals surface area contributed by atoms with Crippen molar-refractivity contribution in [3.63, 3.8) is 0 Å². The van der Waals surface area contributed by atoms with Gasteiger partial charge in [0.1, 0.15) is 5.02 Å². The van der Waals surface area contributed by atoms with Crippen molar-refractivity contribution < 1.29 is 19.6 Å². The number of ether oxygens (including phenoxy) is 1. The summed E-state index contributed by atoms with van der Waals surface area (Å²) in [7, 11) is 0. The zero-order chi connectivity index (χ0) is 16.0. The van der Waals surface area contributed by atoms with E-state index in [1.54, 1.807) is 4.57 Å². The summed E-state index contributed by atoms with van der Waals surface area (Å²) in [6.07, 6.45) is 1.34. The number of fused-ring (bicyclic) bond motifs is 1. The maximum absolute atomic E-state index is 12.3. The summed E-state index contributed by atoms with van der Waals surface area (Å²) in [6, 6.07) is 2.45. The van der Waals surface area contributed by atoms with Crippen molar-refractivity contribution in [2.75, 3.05) is 0 Å². The Morgan fingerprint density at radius 3 is 2.68 bits per heavy atom. The van der Waals surface area contributed by atoms with Crippen LogP contribution < -0.4 is 10.2 Å². The van der Waals surface area contributed by atoms with Gasteiger partial charge in [-0.3, -0.25) is 14.9 Å². The quantitative estimate of drug-likeness (QED) is 0.527. The first-order valence-electron chi connectivity index (χ1n) is 6.32. The summed E-state index contributed by atoms with van der Waals surface area (Å²) in [5.41, 5.74) is -0.651. The molecule has 1 aromatic carbocycles. The summed E-state index contributed by atoms with van der Waals surface area (Å²) >= 11 is 5.83. The van der Waals surface area contributed by atoms with Crippen LogP contribution >= 0.6 is 11.6 Å². The molecule has 0 aliphatic heterocycles. The maximum Gasteiger partial charge on any atom is 0.511 e. The van der Waals surface area contributed by atoms with Crippen molar-refractivity contribution >= 4 is 34.3 Å². The van der Waals surface area contributed by atoms with Gasteiger partial charge in [-0.05, 0) is 18.9 Å². The number of benzene rings is 1. The lowest BCUT2D eigenvalue weighted by molar-refractivity contribution is -0.384. The topological polar surface area (TPSA) is 112 Å². The molecule has 0 unspecified atom stereocenters. The molecule has 1 N–H and O–H groups in total. The third-order valence-electron chi connectivity index (χ3n) is 3.40. The molecule has 0 amide bonds. The number of nitro groups is 1. The first-order chi connectivity index (χ1) is 10.4. The third-order valence-corrected chi connectivity index (χ3v) is 3.71. The highest BCUT2D eigenvalue weighted by Crippen LogP contribution is 2.39. The van der Waals surface area contributed by atoms with E-state index in [9.17, 15) is 19.7 Å². The SMILES string of the molecule is O=C(O)Oc1cn(C2CC2)c2cc([N+](=O)[O-])c(Cl)cc2c1=O. The fourth-order valence-corrected chi connectivity index (χ4v) is 2.53. The molecule has 9 heteroatoms. The molecule has 114 valence electrons. The Morgan fingerprint density at radius 2 is 2.14 bits per heavy atom. The lowest BCUT2D eigenvalue weighted by atomic mass is 10.1. The first-order valence-corrected chi connectivity index (χ1v) is 6.70. The van der Waals surface area contributed by atoms with E-state index in [1.807, 2.05) is 0 Å². The molecule has 1 aliphatic carbocycles. The van der Waals surface area contributed by atoms with Crippen molar-refractivity contribution in [1.29, 1.82) is 0 Å². The number of carbonyl (C=O) groups is 1. The van der Waals surface area contributed by atoms with Crippen LogP contribution in [0.25, 0.3) is 10.9 Å². The predicted molar refractivity (Wildman–Crippen MR) is 76.8 cm³/mol. The van der Waals surface area contributed by atoms with Crippen LogP contribution in [0.15, 0.2) is 23.1 Å². The van der Waals surface area contributed by atoms with Gasteiger partial charge in [0.2, 0.25) is 5.43 Å². The molecule has 1 aliphatic rings. The molecule has 2 aromatic rings. The largest absolute Gasteiger partial charge is 0.511 e. The number of carboxylic acid groups (broad SMARTS) is 1. The second kappa shape index (κ2) is 4.99. The smallest absolute Gasteiger partial charge is 0.449 e. The summed E-state index contributed by atoms with van der Waals surface area (Å²) in [4.78, 5) is 33.3. The van der Waals surface area contributed by atoms with Gasteiger partial charge in [-0.25, -0.2) is 4.79 Å². The van der Waals surface area contributed by atoms with E-state index in [1.165, 1.54) is 18.3 Å². The number of nitro benzene ring substituents is 1. The standard InChI is InChI=1S/C13H9ClN2O6/c14-8-3-7-9(4-10(8)16(20)21)15(6-1-2-6)5-11(12(7)17)22-13(18)19/h3-6H,1-2H2,(H,18,19). The highest BCUT2D eigenvalue weighted by Gasteiger charge is 2.28. The Morgan fingerprint density at radius 1 is 1.45 bits per heavy atom. The van der Waals surface area contributed by atoms with Crippen molar-refractivity contribution in [2.24, 2.45) is 0 Å². The van der Waals surface area contributed by atoms with Crippen LogP contribution in [0.2, 0.25) is 5.02 Å². The van der Waals surface area contributed by atoms with Crippen LogP contribution in [0, 0.1) is 10.1 Å². The van der Waals surface area contributed by atoms with Crippen molar-refractivity contribution in [2.45, 2.75) is 18.9 Å². The summed E-state index contributed by atoms with van der Waals surface area (Å²) in [6.45, 7) is 0. The van der Waals surface area contributed by atoms with E-state index in [-0.39, 0.29) is 27.9 Å². The summed E-state index contributed by atoms with van der Waals surface area (Å²) < 4.78 is 6.12. The lowest BCUT2D eigenvalue weighted by Gasteiger charge is -2.12. The number of hydrogen-bond donors (Lipinski definition) is 1. The minimum Gasteiger partial charge on any atom is -0.449 e. The highest BCUT2D eigenvalue weighted by molar-refractivity contribution is 6.33. The van der Waals surface area contributed by atoms with Crippen molar-refractivity contribution in [3.05, 3.63) is 43.7 Å². The average molecular weight is 325 g/mol. The van der Waals surface area contributed by atoms with E-state index in [2.05, 4.69) is 4.74 Å². The molecule has 1 aromatic heterocycles. The molecule has 0 atom stereocenters. The Balaban J connectivity index is 2.34. The molecule has 1 fully saturated rings. The predicted octanol–water partition coefficient (Wildman–Crippen LogP) is 2.95. The van der Waals surface area contributed by atoms with Crippen LogP contribution in [0.4, 0.5) is 10.5 Å². The molecule has 0 spiro atoms. The molecule has 3 rings (SSSR count). The Hall–Kier alpha value is -2.61. The molecule has 8 nitrogen and oxygen atoms in total. The van der Waals surface area contributed by atoms with Gasteiger partial charge in [0.25, 0.3) is 5.69 Å². The number of pyridine rings is 1. The van der Waals surface area contributed by atoms with Gasteiger partial charge >= 0.3 is 6.16 Å². The van der Waals surface area contributed by atoms with Crippen LogP contribution in [0.1, 0.15) is 18.9 Å². The minimum atomic E-state index is -1.60. The van der Waals surface area contributed by atoms with Crippen LogP contribution in [0.3, 0.4) is 0 Å². The molecule has 22 heavy (non-hydrogen) atoms. The summed E-state index contributed by atoms with van der Waals surface area (Å²) in [5.74, 6) is -0.350. The Bertz CT molecular complexity index is 871. The molecule has 1 saturated carbocycles. The van der Waals surface area contributed by atoms with Gasteiger partial charge < -0.3 is 14.4 Å². The molecular formula is C13H9ClN2O6. The third kappa shape index (κ3) is 2.37. The fraction of sp³-hybridized carbons (Fsp3) is 0.231. The van der Waals surface area contributed by atoms with E-state index >= 15 is 0 Å². The number of halogens is 1. The van der Waals surface area contributed by atoms with Gasteiger partial charge in [0.15, 0.2) is 5.75 Å². The van der Waals surface area contributed by atoms with Crippen LogP contribution in [-0.2, 0) is 0 Å². The maximum atomic E-state index is 12.3. The zero-order valence-electron chi connectivity index (χ0n) is 11.0. The number of nitrogens with zero attached hydrogens (tertiary/aromatic N) is 2. The van der Waals surface area contributed by atoms with Crippen molar-refractivity contribution in [1.82, 2.24) is 4.57 Å². The minimum absolute atomic E-state index is 0.0556. The Kier molecular flexibility index (Phi) is 3.25. The van der Waals surface area contributed by atoms with Crippen LogP contribution in [0.5, 0.6) is 5.75 Å². The number of hydrogen-bond acceptors (Lipinski definition) is 5. The fourth-order valence-electron chi connectivity index (χ4n) is 2.30. The van der Waals surface area contributed by atoms with Crippen LogP contribution in [-0.4, -0.2) is 20.8 Å². The average Bonchev–Trinajstić information content (AvgIpc) is 3.25. The molecule has 0 saturated heterocycles. The number of rotatable bonds is 3.